The monoisotopic (exact) mass is 284 g/mol. The summed E-state index contributed by atoms with van der Waals surface area (Å²) in [5.41, 5.74) is -0.597. The lowest BCUT2D eigenvalue weighted by Crippen LogP contribution is -2.42. The van der Waals surface area contributed by atoms with E-state index in [1.165, 1.54) is 17.8 Å². The molecule has 1 aromatic rings. The minimum Gasteiger partial charge on any atom is -0.300 e. The van der Waals surface area contributed by atoms with Crippen LogP contribution in [-0.4, -0.2) is 17.3 Å². The first-order chi connectivity index (χ1) is 8.90. The lowest BCUT2D eigenvalue weighted by Gasteiger charge is -2.25. The van der Waals surface area contributed by atoms with E-state index in [4.69, 9.17) is 0 Å². The molecule has 2 atom stereocenters. The predicted molar refractivity (Wildman–Crippen MR) is 74.0 cm³/mol. The van der Waals surface area contributed by atoms with E-state index in [1.54, 1.807) is 6.07 Å². The highest BCUT2D eigenvalue weighted by molar-refractivity contribution is 7.99. The second-order valence-electron chi connectivity index (χ2n) is 4.68. The lowest BCUT2D eigenvalue weighted by molar-refractivity contribution is 0.429. The molecule has 1 rings (SSSR count). The van der Waals surface area contributed by atoms with E-state index in [0.717, 1.165) is 6.07 Å². The minimum absolute atomic E-state index is 0.119. The van der Waals surface area contributed by atoms with Crippen molar-refractivity contribution in [2.75, 3.05) is 6.54 Å². The molecule has 0 aromatic heterocycles. The number of benzene rings is 1. The largest absolute Gasteiger partial charge is 0.300 e. The summed E-state index contributed by atoms with van der Waals surface area (Å²) in [5, 5.41) is 12.4. The van der Waals surface area contributed by atoms with Gasteiger partial charge in [-0.15, -0.1) is 11.8 Å². The van der Waals surface area contributed by atoms with E-state index in [0.29, 0.717) is 17.9 Å². The van der Waals surface area contributed by atoms with Gasteiger partial charge in [0.05, 0.1) is 6.07 Å². The van der Waals surface area contributed by atoms with Crippen LogP contribution >= 0.6 is 11.8 Å². The number of thioether (sulfide) groups is 1. The molecule has 0 saturated heterocycles. The Morgan fingerprint density at radius 1 is 1.42 bits per heavy atom. The highest BCUT2D eigenvalue weighted by Gasteiger charge is 2.25. The van der Waals surface area contributed by atoms with Gasteiger partial charge in [0.2, 0.25) is 0 Å². The summed E-state index contributed by atoms with van der Waals surface area (Å²) < 4.78 is 25.9. The lowest BCUT2D eigenvalue weighted by atomic mass is 9.98. The molecule has 2 nitrogen and oxygen atoms in total. The molecule has 0 aliphatic heterocycles. The highest BCUT2D eigenvalue weighted by Crippen LogP contribution is 2.29. The first-order valence-electron chi connectivity index (χ1n) is 6.18. The second kappa shape index (κ2) is 6.88. The number of hydrogen-bond acceptors (Lipinski definition) is 3. The van der Waals surface area contributed by atoms with E-state index in [1.807, 2.05) is 20.8 Å². The molecule has 0 bridgehead atoms. The second-order valence-corrected chi connectivity index (χ2v) is 6.19. The molecule has 0 fully saturated rings. The van der Waals surface area contributed by atoms with Crippen molar-refractivity contribution in [3.8, 4) is 6.07 Å². The van der Waals surface area contributed by atoms with Gasteiger partial charge in [0, 0.05) is 10.1 Å². The molecule has 0 spiro atoms. The van der Waals surface area contributed by atoms with E-state index < -0.39 is 17.2 Å². The van der Waals surface area contributed by atoms with E-state index >= 15 is 0 Å². The average Bonchev–Trinajstić information content (AvgIpc) is 2.34. The smallest absolute Gasteiger partial charge is 0.159 e. The first-order valence-corrected chi connectivity index (χ1v) is 7.06. The Morgan fingerprint density at radius 2 is 2.11 bits per heavy atom. The van der Waals surface area contributed by atoms with Gasteiger partial charge in [-0.1, -0.05) is 13.8 Å². The Bertz CT molecular complexity index is 473. The number of nitrogens with one attached hydrogen (secondary N) is 1. The van der Waals surface area contributed by atoms with Crippen molar-refractivity contribution in [3.63, 3.8) is 0 Å². The van der Waals surface area contributed by atoms with Gasteiger partial charge in [0.1, 0.15) is 5.54 Å². The molecule has 2 unspecified atom stereocenters. The Balaban J connectivity index is 2.67. The normalized spacial score (nSPS) is 15.6. The number of hydrogen-bond donors (Lipinski definition) is 1. The topological polar surface area (TPSA) is 35.8 Å². The molecule has 19 heavy (non-hydrogen) atoms. The fourth-order valence-electron chi connectivity index (χ4n) is 1.95. The molecule has 0 saturated carbocycles. The van der Waals surface area contributed by atoms with E-state index in [-0.39, 0.29) is 5.25 Å². The third kappa shape index (κ3) is 4.81. The van der Waals surface area contributed by atoms with Crippen molar-refractivity contribution in [2.45, 2.75) is 42.9 Å². The van der Waals surface area contributed by atoms with Crippen LogP contribution in [0.25, 0.3) is 0 Å². The Hall–Kier alpha value is -1.12. The van der Waals surface area contributed by atoms with Crippen molar-refractivity contribution < 1.29 is 8.78 Å². The summed E-state index contributed by atoms with van der Waals surface area (Å²) in [6.45, 7) is 6.48. The van der Waals surface area contributed by atoms with Gasteiger partial charge in [-0.05, 0) is 38.1 Å². The molecule has 5 heteroatoms. The van der Waals surface area contributed by atoms with Crippen LogP contribution in [0.1, 0.15) is 27.2 Å². The van der Waals surface area contributed by atoms with Gasteiger partial charge in [0.25, 0.3) is 0 Å². The van der Waals surface area contributed by atoms with Gasteiger partial charge in [0.15, 0.2) is 11.6 Å². The van der Waals surface area contributed by atoms with E-state index in [9.17, 15) is 14.0 Å². The first kappa shape index (κ1) is 15.9. The number of rotatable bonds is 6. The quantitative estimate of drug-likeness (QED) is 0.809. The van der Waals surface area contributed by atoms with Gasteiger partial charge in [-0.3, -0.25) is 5.32 Å². The van der Waals surface area contributed by atoms with Crippen molar-refractivity contribution in [1.29, 1.82) is 5.26 Å². The molecular weight excluding hydrogens is 266 g/mol. The van der Waals surface area contributed by atoms with Gasteiger partial charge in [-0.2, -0.15) is 5.26 Å². The molecule has 104 valence electrons. The number of halogens is 2. The van der Waals surface area contributed by atoms with Crippen LogP contribution in [-0.2, 0) is 0 Å². The summed E-state index contributed by atoms with van der Waals surface area (Å²) in [6.07, 6.45) is 0.626. The van der Waals surface area contributed by atoms with Gasteiger partial charge < -0.3 is 0 Å². The van der Waals surface area contributed by atoms with Crippen LogP contribution in [0.5, 0.6) is 0 Å². The van der Waals surface area contributed by atoms with Crippen LogP contribution in [0, 0.1) is 23.0 Å². The fraction of sp³-hybridized carbons (Fsp3) is 0.500. The maximum Gasteiger partial charge on any atom is 0.159 e. The predicted octanol–water partition coefficient (Wildman–Crippen LogP) is 3.73. The third-order valence-electron chi connectivity index (χ3n) is 2.74. The van der Waals surface area contributed by atoms with Crippen LogP contribution in [0.15, 0.2) is 23.1 Å². The zero-order chi connectivity index (χ0) is 14.5. The van der Waals surface area contributed by atoms with Crippen molar-refractivity contribution in [2.24, 2.45) is 0 Å². The summed E-state index contributed by atoms with van der Waals surface area (Å²) >= 11 is 1.44. The minimum atomic E-state index is -0.841. The molecule has 0 radical (unpaired) electrons. The summed E-state index contributed by atoms with van der Waals surface area (Å²) in [6, 6.07) is 6.12. The highest BCUT2D eigenvalue weighted by atomic mass is 32.2. The molecule has 0 amide bonds. The number of nitrogens with zero attached hydrogens (tertiary/aromatic N) is 1. The summed E-state index contributed by atoms with van der Waals surface area (Å²) in [5.74, 6) is -1.68. The van der Waals surface area contributed by atoms with Gasteiger partial charge in [-0.25, -0.2) is 8.78 Å². The molecule has 0 aliphatic rings. The van der Waals surface area contributed by atoms with Crippen molar-refractivity contribution in [1.82, 2.24) is 5.32 Å². The van der Waals surface area contributed by atoms with Crippen LogP contribution in [0.3, 0.4) is 0 Å². The summed E-state index contributed by atoms with van der Waals surface area (Å²) in [4.78, 5) is 0.670. The Morgan fingerprint density at radius 3 is 2.63 bits per heavy atom. The zero-order valence-electron chi connectivity index (χ0n) is 11.3. The van der Waals surface area contributed by atoms with Crippen LogP contribution in [0.4, 0.5) is 8.78 Å². The molecule has 0 aliphatic carbocycles. The molecular formula is C14H18F2N2S. The standard InChI is InChI=1S/C14H18F2N2S/c1-4-18-14(3,9-17)8-10(2)19-11-5-6-12(15)13(16)7-11/h5-7,10,18H,4,8H2,1-3H3. The third-order valence-corrected chi connectivity index (χ3v) is 3.83. The zero-order valence-corrected chi connectivity index (χ0v) is 12.2. The molecule has 0 heterocycles. The molecule has 1 N–H and O–H groups in total. The Kier molecular flexibility index (Phi) is 5.77. The Labute approximate surface area is 117 Å². The number of nitriles is 1. The maximum atomic E-state index is 13.1. The van der Waals surface area contributed by atoms with Crippen LogP contribution in [0.2, 0.25) is 0 Å². The van der Waals surface area contributed by atoms with Crippen LogP contribution < -0.4 is 5.32 Å². The average molecular weight is 284 g/mol. The SMILES string of the molecule is CCNC(C)(C#N)CC(C)Sc1ccc(F)c(F)c1. The summed E-state index contributed by atoms with van der Waals surface area (Å²) in [7, 11) is 0. The molecule has 1 aromatic carbocycles. The van der Waals surface area contributed by atoms with E-state index in [2.05, 4.69) is 11.4 Å². The van der Waals surface area contributed by atoms with Crippen molar-refractivity contribution in [3.05, 3.63) is 29.8 Å². The maximum absolute atomic E-state index is 13.1. The van der Waals surface area contributed by atoms with Gasteiger partial charge >= 0.3 is 0 Å². The van der Waals surface area contributed by atoms with Crippen molar-refractivity contribution >= 4 is 11.8 Å². The fourth-order valence-corrected chi connectivity index (χ4v) is 3.15.